The summed E-state index contributed by atoms with van der Waals surface area (Å²) in [5.74, 6) is 0.350. The second-order valence-electron chi connectivity index (χ2n) is 8.67. The highest BCUT2D eigenvalue weighted by Gasteiger charge is 2.46. The zero-order chi connectivity index (χ0) is 21.2. The molecule has 1 unspecified atom stereocenters. The lowest BCUT2D eigenvalue weighted by Crippen LogP contribution is -2.41. The standard InChI is InChI=1S/C21H22N6O2S2/c22-16(28)10-4-5-11-12(8-10)30-19-13(11)17(23-9-24-19)26-20-25-15-14(31-20)18(29)27-21(15)6-2-1-3-7-21/h9-10H,1-8H2,(H2,22,28)(H,27,29)(H,23,24,25,26). The molecule has 0 radical (unpaired) electrons. The maximum atomic E-state index is 12.6. The van der Waals surface area contributed by atoms with Crippen molar-refractivity contribution in [3.63, 3.8) is 0 Å². The van der Waals surface area contributed by atoms with Gasteiger partial charge in [-0.2, -0.15) is 0 Å². The van der Waals surface area contributed by atoms with E-state index in [2.05, 4.69) is 20.6 Å². The Morgan fingerprint density at radius 1 is 1.23 bits per heavy atom. The molecule has 6 rings (SSSR count). The molecule has 3 aromatic heterocycles. The molecule has 0 saturated heterocycles. The van der Waals surface area contributed by atoms with E-state index in [4.69, 9.17) is 10.7 Å². The van der Waals surface area contributed by atoms with Crippen molar-refractivity contribution in [2.75, 3.05) is 5.32 Å². The van der Waals surface area contributed by atoms with Gasteiger partial charge in [0.2, 0.25) is 5.91 Å². The van der Waals surface area contributed by atoms with Gasteiger partial charge in [0.15, 0.2) is 5.13 Å². The second kappa shape index (κ2) is 6.96. The molecule has 0 bridgehead atoms. The molecule has 1 saturated carbocycles. The first-order chi connectivity index (χ1) is 15.0. The molecule has 2 amide bonds. The van der Waals surface area contributed by atoms with Crippen molar-refractivity contribution in [1.82, 2.24) is 20.3 Å². The summed E-state index contributed by atoms with van der Waals surface area (Å²) >= 11 is 3.00. The van der Waals surface area contributed by atoms with Gasteiger partial charge >= 0.3 is 0 Å². The molecule has 1 atom stereocenters. The largest absolute Gasteiger partial charge is 0.369 e. The molecule has 1 fully saturated rings. The Labute approximate surface area is 186 Å². The SMILES string of the molecule is NC(=O)C1CCc2c(sc3ncnc(Nc4nc5c(s4)C(=O)NC54CCCCC4)c23)C1. The van der Waals surface area contributed by atoms with Crippen molar-refractivity contribution < 1.29 is 9.59 Å². The molecule has 8 nitrogen and oxygen atoms in total. The van der Waals surface area contributed by atoms with Crippen molar-refractivity contribution in [1.29, 1.82) is 0 Å². The zero-order valence-electron chi connectivity index (χ0n) is 16.9. The molecule has 3 aliphatic rings. The molecule has 4 N–H and O–H groups in total. The number of hydrogen-bond donors (Lipinski definition) is 3. The number of carbonyl (C=O) groups excluding carboxylic acids is 2. The predicted octanol–water partition coefficient (Wildman–Crippen LogP) is 3.38. The number of anilines is 2. The number of thiophene rings is 1. The first-order valence-corrected chi connectivity index (χ1v) is 12.3. The van der Waals surface area contributed by atoms with Gasteiger partial charge in [0, 0.05) is 10.8 Å². The predicted molar refractivity (Wildman–Crippen MR) is 120 cm³/mol. The normalized spacial score (nSPS) is 21.7. The van der Waals surface area contributed by atoms with Crippen LogP contribution in [0, 0.1) is 5.92 Å². The number of carbonyl (C=O) groups is 2. The van der Waals surface area contributed by atoms with Gasteiger partial charge in [-0.25, -0.2) is 15.0 Å². The number of aryl methyl sites for hydroxylation is 1. The number of primary amides is 1. The van der Waals surface area contributed by atoms with Crippen LogP contribution in [-0.4, -0.2) is 26.8 Å². The van der Waals surface area contributed by atoms with E-state index < -0.39 is 0 Å². The quantitative estimate of drug-likeness (QED) is 0.557. The number of fused-ring (bicyclic) bond motifs is 5. The highest BCUT2D eigenvalue weighted by Crippen LogP contribution is 2.46. The Bertz CT molecular complexity index is 1230. The second-order valence-corrected chi connectivity index (χ2v) is 10.7. The highest BCUT2D eigenvalue weighted by molar-refractivity contribution is 7.19. The van der Waals surface area contributed by atoms with Crippen LogP contribution in [0.5, 0.6) is 0 Å². The molecular weight excluding hydrogens is 432 g/mol. The molecule has 31 heavy (non-hydrogen) atoms. The van der Waals surface area contributed by atoms with Gasteiger partial charge in [-0.05, 0) is 37.7 Å². The van der Waals surface area contributed by atoms with Crippen molar-refractivity contribution in [2.24, 2.45) is 11.7 Å². The van der Waals surface area contributed by atoms with Crippen LogP contribution >= 0.6 is 22.7 Å². The summed E-state index contributed by atoms with van der Waals surface area (Å²) in [6, 6.07) is 0. The van der Waals surface area contributed by atoms with Crippen LogP contribution in [0.2, 0.25) is 0 Å². The lowest BCUT2D eigenvalue weighted by atomic mass is 9.81. The van der Waals surface area contributed by atoms with Crippen LogP contribution in [0.15, 0.2) is 6.33 Å². The van der Waals surface area contributed by atoms with Gasteiger partial charge in [0.25, 0.3) is 5.91 Å². The van der Waals surface area contributed by atoms with Gasteiger partial charge in [-0.15, -0.1) is 11.3 Å². The van der Waals surface area contributed by atoms with Crippen molar-refractivity contribution in [3.05, 3.63) is 27.3 Å². The maximum Gasteiger partial charge on any atom is 0.264 e. The van der Waals surface area contributed by atoms with E-state index in [0.717, 1.165) is 59.3 Å². The first-order valence-electron chi connectivity index (χ1n) is 10.7. The number of aromatic nitrogens is 3. The average Bonchev–Trinajstić information content (AvgIpc) is 3.41. The van der Waals surface area contributed by atoms with E-state index >= 15 is 0 Å². The number of hydrogen-bond acceptors (Lipinski definition) is 8. The molecular formula is C21H22N6O2S2. The number of rotatable bonds is 3. The lowest BCUT2D eigenvalue weighted by molar-refractivity contribution is -0.122. The van der Waals surface area contributed by atoms with Crippen LogP contribution < -0.4 is 16.4 Å². The fourth-order valence-corrected chi connectivity index (χ4v) is 7.48. The third-order valence-corrected chi connectivity index (χ3v) is 8.95. The van der Waals surface area contributed by atoms with Crippen LogP contribution in [0.25, 0.3) is 10.2 Å². The monoisotopic (exact) mass is 454 g/mol. The summed E-state index contributed by atoms with van der Waals surface area (Å²) in [6.07, 6.45) is 9.08. The Hall–Kier alpha value is -2.59. The van der Waals surface area contributed by atoms with E-state index in [0.29, 0.717) is 22.2 Å². The minimum Gasteiger partial charge on any atom is -0.369 e. The van der Waals surface area contributed by atoms with Gasteiger partial charge in [0.05, 0.1) is 16.6 Å². The summed E-state index contributed by atoms with van der Waals surface area (Å²) < 4.78 is 0. The van der Waals surface area contributed by atoms with Gasteiger partial charge in [-0.1, -0.05) is 30.6 Å². The number of nitrogens with two attached hydrogens (primary N) is 1. The van der Waals surface area contributed by atoms with Crippen LogP contribution in [-0.2, 0) is 23.2 Å². The van der Waals surface area contributed by atoms with Crippen molar-refractivity contribution in [2.45, 2.75) is 56.9 Å². The third kappa shape index (κ3) is 2.95. The number of amides is 2. The first kappa shape index (κ1) is 19.1. The number of nitrogens with zero attached hydrogens (tertiary/aromatic N) is 3. The number of thiazole rings is 1. The van der Waals surface area contributed by atoms with Gasteiger partial charge < -0.3 is 16.4 Å². The highest BCUT2D eigenvalue weighted by atomic mass is 32.1. The fourth-order valence-electron chi connectivity index (χ4n) is 5.25. The average molecular weight is 455 g/mol. The van der Waals surface area contributed by atoms with Crippen molar-refractivity contribution >= 4 is 55.7 Å². The molecule has 1 aliphatic heterocycles. The number of nitrogens with one attached hydrogen (secondary N) is 2. The van der Waals surface area contributed by atoms with Gasteiger partial charge in [0.1, 0.15) is 21.9 Å². The minimum atomic E-state index is -0.298. The molecule has 10 heteroatoms. The summed E-state index contributed by atoms with van der Waals surface area (Å²) in [6.45, 7) is 0. The summed E-state index contributed by atoms with van der Waals surface area (Å²) in [5, 5.41) is 8.27. The molecule has 0 aromatic carbocycles. The Balaban J connectivity index is 1.36. The van der Waals surface area contributed by atoms with E-state index in [9.17, 15) is 9.59 Å². The smallest absolute Gasteiger partial charge is 0.264 e. The summed E-state index contributed by atoms with van der Waals surface area (Å²) in [5.41, 5.74) is 7.34. The summed E-state index contributed by atoms with van der Waals surface area (Å²) in [7, 11) is 0. The van der Waals surface area contributed by atoms with E-state index in [-0.39, 0.29) is 23.3 Å². The van der Waals surface area contributed by atoms with Crippen LogP contribution in [0.3, 0.4) is 0 Å². The Morgan fingerprint density at radius 2 is 2.06 bits per heavy atom. The lowest BCUT2D eigenvalue weighted by Gasteiger charge is -2.32. The van der Waals surface area contributed by atoms with E-state index in [1.54, 1.807) is 17.7 Å². The molecule has 4 heterocycles. The van der Waals surface area contributed by atoms with Crippen LogP contribution in [0.1, 0.15) is 64.3 Å². The Morgan fingerprint density at radius 3 is 2.87 bits per heavy atom. The topological polar surface area (TPSA) is 123 Å². The van der Waals surface area contributed by atoms with Crippen LogP contribution in [0.4, 0.5) is 10.9 Å². The summed E-state index contributed by atoms with van der Waals surface area (Å²) in [4.78, 5) is 40.9. The van der Waals surface area contributed by atoms with E-state index in [1.165, 1.54) is 23.3 Å². The molecule has 2 aliphatic carbocycles. The maximum absolute atomic E-state index is 12.6. The van der Waals surface area contributed by atoms with Crippen molar-refractivity contribution in [3.8, 4) is 0 Å². The van der Waals surface area contributed by atoms with Gasteiger partial charge in [-0.3, -0.25) is 9.59 Å². The molecule has 160 valence electrons. The molecule has 1 spiro atoms. The minimum absolute atomic E-state index is 0.0132. The molecule has 3 aromatic rings. The Kier molecular flexibility index (Phi) is 4.29. The van der Waals surface area contributed by atoms with E-state index in [1.807, 2.05) is 0 Å². The third-order valence-electron chi connectivity index (χ3n) is 6.82. The fraction of sp³-hybridized carbons (Fsp3) is 0.476. The zero-order valence-corrected chi connectivity index (χ0v) is 18.5.